The number of fused-ring (bicyclic) bond motifs is 1. The summed E-state index contributed by atoms with van der Waals surface area (Å²) in [4.78, 5) is 7.72. The van der Waals surface area contributed by atoms with Gasteiger partial charge >= 0.3 is 0 Å². The number of para-hydroxylation sites is 1. The minimum Gasteiger partial charge on any atom is -0.368 e. The van der Waals surface area contributed by atoms with Crippen molar-refractivity contribution in [3.63, 3.8) is 0 Å². The summed E-state index contributed by atoms with van der Waals surface area (Å²) in [6.07, 6.45) is 1.85. The van der Waals surface area contributed by atoms with Crippen LogP contribution in [0.3, 0.4) is 0 Å². The third-order valence-corrected chi connectivity index (χ3v) is 5.46. The summed E-state index contributed by atoms with van der Waals surface area (Å²) in [5, 5.41) is 13.6. The smallest absolute Gasteiger partial charge is 0.201 e. The summed E-state index contributed by atoms with van der Waals surface area (Å²) >= 11 is 12.3. The van der Waals surface area contributed by atoms with E-state index in [1.165, 1.54) is 0 Å². The van der Waals surface area contributed by atoms with Gasteiger partial charge in [0.1, 0.15) is 17.2 Å². The summed E-state index contributed by atoms with van der Waals surface area (Å²) in [6.45, 7) is 1.23. The fraction of sp³-hybridized carbons (Fsp3) is 0.263. The van der Waals surface area contributed by atoms with Crippen LogP contribution in [0.4, 0.5) is 5.95 Å². The van der Waals surface area contributed by atoms with Gasteiger partial charge in [0.2, 0.25) is 5.95 Å². The standard InChI is InChI=1S/C19H16Cl2N4O/c20-14-6-5-13(9-15(14)21)19(7-2-8-26-19)11-23-18-24-16-4-1-3-12(10-22)17(16)25-18/h1,3-6,9H,2,7-8,11H2,(H2,23,24,25). The number of imidazole rings is 1. The molecule has 3 aromatic rings. The van der Waals surface area contributed by atoms with Crippen molar-refractivity contribution >= 4 is 40.2 Å². The molecule has 0 bridgehead atoms. The van der Waals surface area contributed by atoms with Gasteiger partial charge in [-0.25, -0.2) is 4.98 Å². The van der Waals surface area contributed by atoms with Gasteiger partial charge in [-0.1, -0.05) is 35.3 Å². The molecule has 4 rings (SSSR count). The SMILES string of the molecule is N#Cc1cccc2[nH]c(NCC3(c4ccc(Cl)c(Cl)c4)CCCO3)nc12. The summed E-state index contributed by atoms with van der Waals surface area (Å²) < 4.78 is 6.10. The number of nitriles is 1. The molecule has 5 nitrogen and oxygen atoms in total. The number of anilines is 1. The molecule has 0 radical (unpaired) electrons. The summed E-state index contributed by atoms with van der Waals surface area (Å²) in [6, 6.07) is 13.3. The highest BCUT2D eigenvalue weighted by Gasteiger charge is 2.37. The summed E-state index contributed by atoms with van der Waals surface area (Å²) in [5.41, 5.74) is 2.54. The minimum absolute atomic E-state index is 0.481. The van der Waals surface area contributed by atoms with E-state index < -0.39 is 5.60 Å². The number of aromatic nitrogens is 2. The van der Waals surface area contributed by atoms with Crippen LogP contribution < -0.4 is 5.32 Å². The third-order valence-electron chi connectivity index (χ3n) is 4.72. The Morgan fingerprint density at radius 3 is 2.88 bits per heavy atom. The van der Waals surface area contributed by atoms with E-state index >= 15 is 0 Å². The fourth-order valence-corrected chi connectivity index (χ4v) is 3.68. The van der Waals surface area contributed by atoms with Crippen molar-refractivity contribution in [1.82, 2.24) is 9.97 Å². The maximum Gasteiger partial charge on any atom is 0.201 e. The van der Waals surface area contributed by atoms with Crippen molar-refractivity contribution in [3.05, 3.63) is 57.6 Å². The second kappa shape index (κ2) is 6.81. The molecule has 1 fully saturated rings. The lowest BCUT2D eigenvalue weighted by Gasteiger charge is -2.29. The van der Waals surface area contributed by atoms with Crippen molar-refractivity contribution < 1.29 is 4.74 Å². The Balaban J connectivity index is 1.62. The van der Waals surface area contributed by atoms with Crippen LogP contribution in [-0.4, -0.2) is 23.1 Å². The lowest BCUT2D eigenvalue weighted by molar-refractivity contribution is 0.0115. The zero-order chi connectivity index (χ0) is 18.1. The van der Waals surface area contributed by atoms with E-state index in [-0.39, 0.29) is 0 Å². The number of halogens is 2. The second-order valence-corrected chi connectivity index (χ2v) is 7.14. The number of rotatable bonds is 4. The second-order valence-electron chi connectivity index (χ2n) is 6.33. The van der Waals surface area contributed by atoms with Crippen molar-refractivity contribution in [2.45, 2.75) is 18.4 Å². The van der Waals surface area contributed by atoms with Crippen molar-refractivity contribution in [2.24, 2.45) is 0 Å². The molecule has 1 aromatic heterocycles. The van der Waals surface area contributed by atoms with Crippen LogP contribution in [0.5, 0.6) is 0 Å². The van der Waals surface area contributed by atoms with E-state index in [4.69, 9.17) is 27.9 Å². The maximum absolute atomic E-state index is 9.22. The number of nitrogens with zero attached hydrogens (tertiary/aromatic N) is 2. The predicted octanol–water partition coefficient (Wildman–Crippen LogP) is 4.86. The number of benzene rings is 2. The Morgan fingerprint density at radius 1 is 1.27 bits per heavy atom. The third kappa shape index (κ3) is 3.01. The molecule has 2 N–H and O–H groups in total. The van der Waals surface area contributed by atoms with Gasteiger partial charge in [-0.3, -0.25) is 0 Å². The van der Waals surface area contributed by atoms with Crippen LogP contribution in [0.2, 0.25) is 10.0 Å². The van der Waals surface area contributed by atoms with Crippen molar-refractivity contribution in [3.8, 4) is 6.07 Å². The van der Waals surface area contributed by atoms with Crippen LogP contribution in [0.15, 0.2) is 36.4 Å². The van der Waals surface area contributed by atoms with E-state index in [1.54, 1.807) is 12.1 Å². The number of hydrogen-bond acceptors (Lipinski definition) is 4. The van der Waals surface area contributed by atoms with Gasteiger partial charge in [0.05, 0.1) is 27.7 Å². The monoisotopic (exact) mass is 386 g/mol. The molecule has 26 heavy (non-hydrogen) atoms. The van der Waals surface area contributed by atoms with E-state index in [9.17, 15) is 5.26 Å². The van der Waals surface area contributed by atoms with E-state index in [0.717, 1.165) is 23.9 Å². The molecule has 1 atom stereocenters. The van der Waals surface area contributed by atoms with Gasteiger partial charge < -0.3 is 15.0 Å². The molecule has 132 valence electrons. The van der Waals surface area contributed by atoms with Gasteiger partial charge in [0.15, 0.2) is 0 Å². The quantitative estimate of drug-likeness (QED) is 0.671. The fourth-order valence-electron chi connectivity index (χ4n) is 3.38. The molecule has 2 aromatic carbocycles. The van der Waals surface area contributed by atoms with Gasteiger partial charge in [-0.2, -0.15) is 5.26 Å². The van der Waals surface area contributed by atoms with Crippen LogP contribution in [0.25, 0.3) is 11.0 Å². The largest absolute Gasteiger partial charge is 0.368 e. The zero-order valence-electron chi connectivity index (χ0n) is 13.9. The van der Waals surface area contributed by atoms with Gasteiger partial charge in [0.25, 0.3) is 0 Å². The van der Waals surface area contributed by atoms with Gasteiger partial charge in [-0.15, -0.1) is 0 Å². The first-order chi connectivity index (χ1) is 12.6. The molecule has 0 saturated carbocycles. The molecular formula is C19H16Cl2N4O. The Labute approximate surface area is 160 Å². The summed E-state index contributed by atoms with van der Waals surface area (Å²) in [5.74, 6) is 0.609. The van der Waals surface area contributed by atoms with Gasteiger partial charge in [0, 0.05) is 6.61 Å². The molecule has 1 unspecified atom stereocenters. The van der Waals surface area contributed by atoms with E-state index in [0.29, 0.717) is 40.2 Å². The molecular weight excluding hydrogens is 371 g/mol. The number of H-pyrrole nitrogens is 1. The average Bonchev–Trinajstić information content (AvgIpc) is 3.29. The first kappa shape index (κ1) is 17.2. The lowest BCUT2D eigenvalue weighted by atomic mass is 9.90. The number of aromatic amines is 1. The predicted molar refractivity (Wildman–Crippen MR) is 103 cm³/mol. The minimum atomic E-state index is -0.481. The topological polar surface area (TPSA) is 73.7 Å². The van der Waals surface area contributed by atoms with Crippen molar-refractivity contribution in [2.75, 3.05) is 18.5 Å². The number of hydrogen-bond donors (Lipinski definition) is 2. The number of nitrogens with one attached hydrogen (secondary N) is 2. The Morgan fingerprint density at radius 2 is 2.15 bits per heavy atom. The molecule has 2 heterocycles. The normalized spacial score (nSPS) is 19.6. The molecule has 0 amide bonds. The Bertz CT molecular complexity index is 1000. The Hall–Kier alpha value is -2.26. The molecule has 7 heteroatoms. The molecule has 0 aliphatic carbocycles. The van der Waals surface area contributed by atoms with E-state index in [1.807, 2.05) is 24.3 Å². The maximum atomic E-state index is 9.22. The molecule has 0 spiro atoms. The lowest BCUT2D eigenvalue weighted by Crippen LogP contribution is -2.33. The number of ether oxygens (including phenoxy) is 1. The van der Waals surface area contributed by atoms with Crippen LogP contribution >= 0.6 is 23.2 Å². The van der Waals surface area contributed by atoms with Crippen LogP contribution in [-0.2, 0) is 10.3 Å². The highest BCUT2D eigenvalue weighted by Crippen LogP contribution is 2.38. The Kier molecular flexibility index (Phi) is 4.49. The first-order valence-electron chi connectivity index (χ1n) is 8.33. The zero-order valence-corrected chi connectivity index (χ0v) is 15.4. The van der Waals surface area contributed by atoms with Crippen LogP contribution in [0, 0.1) is 11.3 Å². The van der Waals surface area contributed by atoms with E-state index in [2.05, 4.69) is 21.4 Å². The highest BCUT2D eigenvalue weighted by molar-refractivity contribution is 6.42. The molecule has 1 aliphatic rings. The molecule has 1 saturated heterocycles. The molecule has 1 aliphatic heterocycles. The average molecular weight is 387 g/mol. The van der Waals surface area contributed by atoms with Crippen molar-refractivity contribution in [1.29, 1.82) is 5.26 Å². The summed E-state index contributed by atoms with van der Waals surface area (Å²) in [7, 11) is 0. The van der Waals surface area contributed by atoms with Gasteiger partial charge in [-0.05, 0) is 42.7 Å². The first-order valence-corrected chi connectivity index (χ1v) is 9.09. The highest BCUT2D eigenvalue weighted by atomic mass is 35.5. The van der Waals surface area contributed by atoms with Crippen LogP contribution in [0.1, 0.15) is 24.0 Å².